The van der Waals surface area contributed by atoms with Crippen LogP contribution in [-0.2, 0) is 13.0 Å². The van der Waals surface area contributed by atoms with E-state index in [1.807, 2.05) is 0 Å². The normalized spacial score (nSPS) is 17.3. The molecule has 20 heavy (non-hydrogen) atoms. The Hall–Kier alpha value is -1.62. The third kappa shape index (κ3) is 2.63. The Balaban J connectivity index is 1.73. The van der Waals surface area contributed by atoms with Gasteiger partial charge >= 0.3 is 0 Å². The Kier molecular flexibility index (Phi) is 3.87. The second-order valence-electron chi connectivity index (χ2n) is 5.24. The summed E-state index contributed by atoms with van der Waals surface area (Å²) < 4.78 is 0. The summed E-state index contributed by atoms with van der Waals surface area (Å²) in [7, 11) is 0. The number of fused-ring (bicyclic) bond motifs is 1. The molecule has 1 unspecified atom stereocenters. The molecule has 3 rings (SSSR count). The van der Waals surface area contributed by atoms with Crippen LogP contribution in [-0.4, -0.2) is 22.8 Å². The zero-order chi connectivity index (χ0) is 13.9. The van der Waals surface area contributed by atoms with Gasteiger partial charge in [-0.1, -0.05) is 36.5 Å². The van der Waals surface area contributed by atoms with Crippen LogP contribution in [0.1, 0.15) is 30.8 Å². The molecule has 1 aliphatic heterocycles. The van der Waals surface area contributed by atoms with E-state index in [0.29, 0.717) is 6.04 Å². The van der Waals surface area contributed by atoms with Crippen molar-refractivity contribution in [2.24, 2.45) is 0 Å². The molecule has 0 aliphatic carbocycles. The van der Waals surface area contributed by atoms with Gasteiger partial charge in [-0.3, -0.25) is 0 Å². The zero-order valence-corrected chi connectivity index (χ0v) is 12.8. The lowest BCUT2D eigenvalue weighted by molar-refractivity contribution is 0.667. The molecule has 0 saturated heterocycles. The Morgan fingerprint density at radius 1 is 1.35 bits per heavy atom. The second-order valence-corrected chi connectivity index (χ2v) is 6.30. The molecule has 0 spiro atoms. The Morgan fingerprint density at radius 2 is 2.20 bits per heavy atom. The van der Waals surface area contributed by atoms with Crippen molar-refractivity contribution in [2.75, 3.05) is 16.8 Å². The minimum absolute atomic E-state index is 0.531. The summed E-state index contributed by atoms with van der Waals surface area (Å²) in [4.78, 5) is 2.43. The number of rotatable bonds is 5. The maximum Gasteiger partial charge on any atom is 0.205 e. The van der Waals surface area contributed by atoms with Gasteiger partial charge in [0.05, 0.1) is 6.54 Å². The highest BCUT2D eigenvalue weighted by atomic mass is 32.1. The van der Waals surface area contributed by atoms with Crippen LogP contribution in [0.15, 0.2) is 24.3 Å². The number of benzene rings is 1. The second kappa shape index (κ2) is 5.79. The molecule has 2 heterocycles. The first-order chi connectivity index (χ1) is 9.78. The molecule has 2 aromatic rings. The predicted molar refractivity (Wildman–Crippen MR) is 84.5 cm³/mol. The van der Waals surface area contributed by atoms with Crippen molar-refractivity contribution in [1.82, 2.24) is 10.2 Å². The molecule has 0 saturated carbocycles. The Bertz CT molecular complexity index is 581. The van der Waals surface area contributed by atoms with Gasteiger partial charge in [-0.25, -0.2) is 0 Å². The molecule has 5 heteroatoms. The average Bonchev–Trinajstić information content (AvgIpc) is 3.02. The molecule has 106 valence electrons. The van der Waals surface area contributed by atoms with Crippen molar-refractivity contribution >= 4 is 22.2 Å². The van der Waals surface area contributed by atoms with Gasteiger partial charge in [0, 0.05) is 18.3 Å². The SMILES string of the molecule is CCCNc1nnc(CN2c3ccccc3CC2C)s1. The standard InChI is InChI=1S/C15H20N4S/c1-3-8-16-15-18-17-14(20-15)10-19-11(2)9-12-6-4-5-7-13(12)19/h4-7,11H,3,8-10H2,1-2H3,(H,16,18). The van der Waals surface area contributed by atoms with E-state index in [9.17, 15) is 0 Å². The molecule has 0 fully saturated rings. The summed E-state index contributed by atoms with van der Waals surface area (Å²) in [6.07, 6.45) is 2.22. The number of nitrogens with one attached hydrogen (secondary N) is 1. The van der Waals surface area contributed by atoms with Crippen molar-refractivity contribution < 1.29 is 0 Å². The lowest BCUT2D eigenvalue weighted by Crippen LogP contribution is -2.28. The first-order valence-electron chi connectivity index (χ1n) is 7.18. The van der Waals surface area contributed by atoms with Crippen molar-refractivity contribution in [2.45, 2.75) is 39.3 Å². The summed E-state index contributed by atoms with van der Waals surface area (Å²) >= 11 is 1.66. The fraction of sp³-hybridized carbons (Fsp3) is 0.467. The smallest absolute Gasteiger partial charge is 0.205 e. The molecular weight excluding hydrogens is 268 g/mol. The van der Waals surface area contributed by atoms with Gasteiger partial charge in [0.15, 0.2) is 0 Å². The number of para-hydroxylation sites is 1. The summed E-state index contributed by atoms with van der Waals surface area (Å²) in [6.45, 7) is 6.23. The third-order valence-electron chi connectivity index (χ3n) is 3.65. The fourth-order valence-electron chi connectivity index (χ4n) is 2.64. The summed E-state index contributed by atoms with van der Waals surface area (Å²) in [5.41, 5.74) is 2.78. The summed E-state index contributed by atoms with van der Waals surface area (Å²) in [5, 5.41) is 13.8. The van der Waals surface area contributed by atoms with Crippen LogP contribution in [0.4, 0.5) is 10.8 Å². The van der Waals surface area contributed by atoms with Crippen LogP contribution in [0.5, 0.6) is 0 Å². The topological polar surface area (TPSA) is 41.1 Å². The van der Waals surface area contributed by atoms with Crippen LogP contribution in [0, 0.1) is 0 Å². The van der Waals surface area contributed by atoms with Gasteiger partial charge in [0.25, 0.3) is 0 Å². The van der Waals surface area contributed by atoms with E-state index in [0.717, 1.165) is 36.1 Å². The molecule has 4 nitrogen and oxygen atoms in total. The molecule has 1 aromatic heterocycles. The van der Waals surface area contributed by atoms with Gasteiger partial charge in [0.2, 0.25) is 5.13 Å². The highest BCUT2D eigenvalue weighted by molar-refractivity contribution is 7.15. The molecule has 0 amide bonds. The van der Waals surface area contributed by atoms with Crippen molar-refractivity contribution in [1.29, 1.82) is 0 Å². The largest absolute Gasteiger partial charge is 0.361 e. The van der Waals surface area contributed by atoms with Gasteiger partial charge in [-0.05, 0) is 31.4 Å². The zero-order valence-electron chi connectivity index (χ0n) is 12.0. The quantitative estimate of drug-likeness (QED) is 0.916. The molecule has 0 bridgehead atoms. The maximum absolute atomic E-state index is 4.30. The monoisotopic (exact) mass is 288 g/mol. The lowest BCUT2D eigenvalue weighted by atomic mass is 10.1. The van der Waals surface area contributed by atoms with E-state index in [1.165, 1.54) is 11.3 Å². The lowest BCUT2D eigenvalue weighted by Gasteiger charge is -2.23. The Labute approximate surface area is 123 Å². The summed E-state index contributed by atoms with van der Waals surface area (Å²) in [5.74, 6) is 0. The van der Waals surface area contributed by atoms with E-state index < -0.39 is 0 Å². The van der Waals surface area contributed by atoms with E-state index >= 15 is 0 Å². The van der Waals surface area contributed by atoms with Crippen LogP contribution >= 0.6 is 11.3 Å². The number of nitrogens with zero attached hydrogens (tertiary/aromatic N) is 3. The minimum atomic E-state index is 0.531. The van der Waals surface area contributed by atoms with Gasteiger partial charge < -0.3 is 10.2 Å². The van der Waals surface area contributed by atoms with E-state index in [-0.39, 0.29) is 0 Å². The number of aromatic nitrogens is 2. The first-order valence-corrected chi connectivity index (χ1v) is 8.00. The van der Waals surface area contributed by atoms with E-state index in [1.54, 1.807) is 11.3 Å². The molecule has 0 radical (unpaired) electrons. The number of hydrogen-bond donors (Lipinski definition) is 1. The van der Waals surface area contributed by atoms with Crippen molar-refractivity contribution in [3.8, 4) is 0 Å². The van der Waals surface area contributed by atoms with Crippen LogP contribution in [0.25, 0.3) is 0 Å². The molecule has 1 aliphatic rings. The van der Waals surface area contributed by atoms with Gasteiger partial charge in [0.1, 0.15) is 5.01 Å². The van der Waals surface area contributed by atoms with E-state index in [4.69, 9.17) is 0 Å². The van der Waals surface area contributed by atoms with Crippen LogP contribution in [0.2, 0.25) is 0 Å². The van der Waals surface area contributed by atoms with Gasteiger partial charge in [-0.15, -0.1) is 10.2 Å². The highest BCUT2D eigenvalue weighted by Crippen LogP contribution is 2.33. The van der Waals surface area contributed by atoms with Gasteiger partial charge in [-0.2, -0.15) is 0 Å². The average molecular weight is 288 g/mol. The van der Waals surface area contributed by atoms with Crippen LogP contribution in [0.3, 0.4) is 0 Å². The van der Waals surface area contributed by atoms with Crippen LogP contribution < -0.4 is 10.2 Å². The summed E-state index contributed by atoms with van der Waals surface area (Å²) in [6, 6.07) is 9.18. The third-order valence-corrected chi connectivity index (χ3v) is 4.51. The highest BCUT2D eigenvalue weighted by Gasteiger charge is 2.26. The fourth-order valence-corrected chi connectivity index (χ4v) is 3.40. The molecule has 1 atom stereocenters. The maximum atomic E-state index is 4.30. The number of hydrogen-bond acceptors (Lipinski definition) is 5. The Morgan fingerprint density at radius 3 is 3.05 bits per heavy atom. The number of anilines is 2. The molecule has 1 N–H and O–H groups in total. The van der Waals surface area contributed by atoms with Crippen molar-refractivity contribution in [3.05, 3.63) is 34.8 Å². The first kappa shape index (κ1) is 13.4. The van der Waals surface area contributed by atoms with E-state index in [2.05, 4.69) is 58.5 Å². The van der Waals surface area contributed by atoms with Crippen molar-refractivity contribution in [3.63, 3.8) is 0 Å². The predicted octanol–water partition coefficient (Wildman–Crippen LogP) is 3.31. The minimum Gasteiger partial charge on any atom is -0.361 e. The molecular formula is C15H20N4S. The molecule has 1 aromatic carbocycles.